The van der Waals surface area contributed by atoms with Crippen LogP contribution in [0.1, 0.15) is 45.6 Å². The summed E-state index contributed by atoms with van der Waals surface area (Å²) in [5.74, 6) is -0.224. The third-order valence-corrected chi connectivity index (χ3v) is 5.39. The standard InChI is InChI=1S/C22H36N4O2.2ClH/c1-4-12-26(20(27)14-24-22(28)21(23)17(2)3)19-11-8-13-25(16-19)15-18-9-6-5-7-10-18;;/h5-7,9-10,17,19,21H,4,8,11-16,23H2,1-3H3,(H,24,28);2*1H/t19?,21-;;/m0../s1. The average Bonchev–Trinajstić information content (AvgIpc) is 2.70. The van der Waals surface area contributed by atoms with E-state index in [1.165, 1.54) is 5.56 Å². The molecule has 0 bridgehead atoms. The Hall–Kier alpha value is -1.34. The summed E-state index contributed by atoms with van der Waals surface area (Å²) < 4.78 is 0. The lowest BCUT2D eigenvalue weighted by Gasteiger charge is -2.39. The van der Waals surface area contributed by atoms with Crippen LogP contribution in [-0.4, -0.2) is 59.9 Å². The number of hydrogen-bond donors (Lipinski definition) is 2. The number of nitrogens with zero attached hydrogens (tertiary/aromatic N) is 2. The van der Waals surface area contributed by atoms with Gasteiger partial charge in [0, 0.05) is 25.7 Å². The number of nitrogens with two attached hydrogens (primary N) is 1. The minimum Gasteiger partial charge on any atom is -0.346 e. The van der Waals surface area contributed by atoms with Crippen LogP contribution >= 0.6 is 24.8 Å². The van der Waals surface area contributed by atoms with Gasteiger partial charge in [0.2, 0.25) is 11.8 Å². The van der Waals surface area contributed by atoms with Crippen molar-refractivity contribution in [3.05, 3.63) is 35.9 Å². The molecule has 0 aliphatic carbocycles. The first-order valence-corrected chi connectivity index (χ1v) is 10.5. The molecule has 1 aromatic carbocycles. The second-order valence-corrected chi connectivity index (χ2v) is 8.09. The van der Waals surface area contributed by atoms with Crippen LogP contribution in [0, 0.1) is 5.92 Å². The van der Waals surface area contributed by atoms with Gasteiger partial charge in [-0.2, -0.15) is 0 Å². The summed E-state index contributed by atoms with van der Waals surface area (Å²) in [4.78, 5) is 29.3. The van der Waals surface area contributed by atoms with Crippen LogP contribution in [0.3, 0.4) is 0 Å². The lowest BCUT2D eigenvalue weighted by Crippen LogP contribution is -2.53. The van der Waals surface area contributed by atoms with Crippen LogP contribution in [0.2, 0.25) is 0 Å². The second-order valence-electron chi connectivity index (χ2n) is 8.09. The number of carbonyl (C=O) groups excluding carboxylic acids is 2. The molecule has 8 heteroatoms. The fourth-order valence-electron chi connectivity index (χ4n) is 3.71. The SMILES string of the molecule is CCCN(C(=O)CNC(=O)[C@@H](N)C(C)C)C1CCCN(Cc2ccccc2)C1.Cl.Cl. The number of amides is 2. The largest absolute Gasteiger partial charge is 0.346 e. The van der Waals surface area contributed by atoms with Gasteiger partial charge in [0.15, 0.2) is 0 Å². The highest BCUT2D eigenvalue weighted by molar-refractivity contribution is 5.87. The van der Waals surface area contributed by atoms with Gasteiger partial charge >= 0.3 is 0 Å². The Morgan fingerprint density at radius 1 is 1.23 bits per heavy atom. The van der Waals surface area contributed by atoms with Crippen LogP contribution in [0.4, 0.5) is 0 Å². The number of benzene rings is 1. The van der Waals surface area contributed by atoms with E-state index in [4.69, 9.17) is 5.73 Å². The Labute approximate surface area is 193 Å². The second kappa shape index (κ2) is 14.6. The summed E-state index contributed by atoms with van der Waals surface area (Å²) in [6.45, 7) is 9.46. The van der Waals surface area contributed by atoms with E-state index in [9.17, 15) is 9.59 Å². The summed E-state index contributed by atoms with van der Waals surface area (Å²) in [5.41, 5.74) is 7.17. The Balaban J connectivity index is 0.00000420. The molecule has 1 heterocycles. The molecule has 1 aromatic rings. The minimum absolute atomic E-state index is 0. The van der Waals surface area contributed by atoms with Crippen molar-refractivity contribution in [2.45, 2.75) is 58.7 Å². The van der Waals surface area contributed by atoms with E-state index in [0.717, 1.165) is 45.4 Å². The van der Waals surface area contributed by atoms with E-state index < -0.39 is 6.04 Å². The summed E-state index contributed by atoms with van der Waals surface area (Å²) in [6, 6.07) is 10.1. The van der Waals surface area contributed by atoms with Crippen LogP contribution < -0.4 is 11.1 Å². The molecule has 1 saturated heterocycles. The molecule has 0 aromatic heterocycles. The maximum absolute atomic E-state index is 12.8. The summed E-state index contributed by atoms with van der Waals surface area (Å²) in [6.07, 6.45) is 2.99. The maximum Gasteiger partial charge on any atom is 0.242 e. The molecule has 2 amide bonds. The lowest BCUT2D eigenvalue weighted by atomic mass is 10.0. The molecule has 3 N–H and O–H groups in total. The molecule has 2 atom stereocenters. The Morgan fingerprint density at radius 3 is 2.50 bits per heavy atom. The predicted octanol–water partition coefficient (Wildman–Crippen LogP) is 2.83. The quantitative estimate of drug-likeness (QED) is 0.593. The van der Waals surface area contributed by atoms with Crippen molar-refractivity contribution in [2.24, 2.45) is 11.7 Å². The third-order valence-electron chi connectivity index (χ3n) is 5.39. The maximum atomic E-state index is 12.8. The van der Waals surface area contributed by atoms with E-state index in [-0.39, 0.29) is 55.1 Å². The number of piperidine rings is 1. The predicted molar refractivity (Wildman–Crippen MR) is 127 cm³/mol. The molecule has 2 rings (SSSR count). The van der Waals surface area contributed by atoms with Crippen molar-refractivity contribution in [1.82, 2.24) is 15.1 Å². The van der Waals surface area contributed by atoms with E-state index in [1.807, 2.05) is 24.8 Å². The van der Waals surface area contributed by atoms with E-state index in [0.29, 0.717) is 0 Å². The first-order chi connectivity index (χ1) is 13.4. The van der Waals surface area contributed by atoms with E-state index >= 15 is 0 Å². The zero-order valence-corrected chi connectivity index (χ0v) is 20.0. The molecule has 1 unspecified atom stereocenters. The van der Waals surface area contributed by atoms with E-state index in [1.54, 1.807) is 0 Å². The smallest absolute Gasteiger partial charge is 0.242 e. The minimum atomic E-state index is -0.580. The van der Waals surface area contributed by atoms with Gasteiger partial charge in [0.25, 0.3) is 0 Å². The molecule has 30 heavy (non-hydrogen) atoms. The highest BCUT2D eigenvalue weighted by Crippen LogP contribution is 2.18. The van der Waals surface area contributed by atoms with Gasteiger partial charge in [-0.25, -0.2) is 0 Å². The molecule has 0 radical (unpaired) electrons. The number of hydrogen-bond acceptors (Lipinski definition) is 4. The molecule has 0 spiro atoms. The summed E-state index contributed by atoms with van der Waals surface area (Å²) >= 11 is 0. The van der Waals surface area contributed by atoms with Gasteiger partial charge in [-0.3, -0.25) is 14.5 Å². The molecule has 172 valence electrons. The fraction of sp³-hybridized carbons (Fsp3) is 0.636. The average molecular weight is 461 g/mol. The first-order valence-electron chi connectivity index (χ1n) is 10.5. The number of carbonyl (C=O) groups is 2. The number of nitrogens with one attached hydrogen (secondary N) is 1. The molecule has 1 aliphatic heterocycles. The van der Waals surface area contributed by atoms with Crippen LogP contribution in [0.25, 0.3) is 0 Å². The monoisotopic (exact) mass is 460 g/mol. The Kier molecular flexibility index (Phi) is 14.0. The van der Waals surface area contributed by atoms with Crippen molar-refractivity contribution in [3.63, 3.8) is 0 Å². The highest BCUT2D eigenvalue weighted by Gasteiger charge is 2.28. The van der Waals surface area contributed by atoms with Crippen molar-refractivity contribution < 1.29 is 9.59 Å². The molecular weight excluding hydrogens is 423 g/mol. The lowest BCUT2D eigenvalue weighted by molar-refractivity contribution is -0.136. The number of likely N-dealkylation sites (tertiary alicyclic amines) is 1. The Bertz CT molecular complexity index is 631. The van der Waals surface area contributed by atoms with Gasteiger partial charge in [0.05, 0.1) is 12.6 Å². The molecular formula is C22H38Cl2N4O2. The number of halogens is 2. The summed E-state index contributed by atoms with van der Waals surface area (Å²) in [7, 11) is 0. The topological polar surface area (TPSA) is 78.7 Å². The van der Waals surface area contributed by atoms with Gasteiger partial charge < -0.3 is 16.0 Å². The normalized spacial score (nSPS) is 17.4. The van der Waals surface area contributed by atoms with E-state index in [2.05, 4.69) is 41.4 Å². The van der Waals surface area contributed by atoms with Gasteiger partial charge in [-0.05, 0) is 37.3 Å². The fourth-order valence-corrected chi connectivity index (χ4v) is 3.71. The Morgan fingerprint density at radius 2 is 1.90 bits per heavy atom. The molecule has 0 saturated carbocycles. The zero-order valence-electron chi connectivity index (χ0n) is 18.4. The molecule has 1 aliphatic rings. The zero-order chi connectivity index (χ0) is 20.5. The van der Waals surface area contributed by atoms with Crippen LogP contribution in [-0.2, 0) is 16.1 Å². The van der Waals surface area contributed by atoms with Gasteiger partial charge in [-0.15, -0.1) is 24.8 Å². The highest BCUT2D eigenvalue weighted by atomic mass is 35.5. The van der Waals surface area contributed by atoms with Crippen molar-refractivity contribution in [1.29, 1.82) is 0 Å². The third kappa shape index (κ3) is 8.80. The van der Waals surface area contributed by atoms with Crippen molar-refractivity contribution >= 4 is 36.6 Å². The first kappa shape index (κ1) is 28.7. The van der Waals surface area contributed by atoms with Gasteiger partial charge in [-0.1, -0.05) is 51.1 Å². The van der Waals surface area contributed by atoms with Crippen molar-refractivity contribution in [3.8, 4) is 0 Å². The van der Waals surface area contributed by atoms with Gasteiger partial charge in [0.1, 0.15) is 0 Å². The van der Waals surface area contributed by atoms with Crippen LogP contribution in [0.15, 0.2) is 30.3 Å². The van der Waals surface area contributed by atoms with Crippen LogP contribution in [0.5, 0.6) is 0 Å². The van der Waals surface area contributed by atoms with Crippen molar-refractivity contribution in [2.75, 3.05) is 26.2 Å². The number of rotatable bonds is 9. The molecule has 1 fully saturated rings. The summed E-state index contributed by atoms with van der Waals surface area (Å²) in [5, 5.41) is 2.72. The molecule has 6 nitrogen and oxygen atoms in total.